The summed E-state index contributed by atoms with van der Waals surface area (Å²) in [6.07, 6.45) is -0.0788. The van der Waals surface area contributed by atoms with Crippen LogP contribution in [0.1, 0.15) is 6.42 Å². The van der Waals surface area contributed by atoms with Crippen LogP contribution in [0.4, 0.5) is 20.2 Å². The van der Waals surface area contributed by atoms with Gasteiger partial charge in [0.2, 0.25) is 5.91 Å². The molecule has 1 aliphatic rings. The van der Waals surface area contributed by atoms with Gasteiger partial charge < -0.3 is 5.32 Å². The number of nitrogens with one attached hydrogen (secondary N) is 1. The zero-order chi connectivity index (χ0) is 15.7. The average Bonchev–Trinajstić information content (AvgIpc) is 2.77. The van der Waals surface area contributed by atoms with Gasteiger partial charge in [0, 0.05) is 5.69 Å². The van der Waals surface area contributed by atoms with E-state index in [2.05, 4.69) is 5.32 Å². The topological polar surface area (TPSA) is 49.4 Å². The summed E-state index contributed by atoms with van der Waals surface area (Å²) in [6, 6.07) is 10.3. The molecule has 2 amide bonds. The Hall–Kier alpha value is -2.76. The SMILES string of the molecule is O=C1C[C@@H](Nc2ccc(F)cc2)C(=O)N1c1ccccc1F. The van der Waals surface area contributed by atoms with Crippen LogP contribution in [0, 0.1) is 11.6 Å². The van der Waals surface area contributed by atoms with Crippen LogP contribution < -0.4 is 10.2 Å². The number of hydrogen-bond donors (Lipinski definition) is 1. The fourth-order valence-corrected chi connectivity index (χ4v) is 2.38. The van der Waals surface area contributed by atoms with Gasteiger partial charge in [0.05, 0.1) is 12.1 Å². The molecule has 112 valence electrons. The van der Waals surface area contributed by atoms with Crippen molar-refractivity contribution in [2.45, 2.75) is 12.5 Å². The molecule has 0 saturated carbocycles. The second-order valence-electron chi connectivity index (χ2n) is 4.93. The van der Waals surface area contributed by atoms with E-state index in [9.17, 15) is 18.4 Å². The Morgan fingerprint density at radius 2 is 1.68 bits per heavy atom. The Balaban J connectivity index is 1.82. The zero-order valence-electron chi connectivity index (χ0n) is 11.4. The van der Waals surface area contributed by atoms with Gasteiger partial charge in [-0.15, -0.1) is 0 Å². The molecule has 1 heterocycles. The molecule has 0 unspecified atom stereocenters. The number of nitrogens with zero attached hydrogens (tertiary/aromatic N) is 1. The predicted octanol–water partition coefficient (Wildman–Crippen LogP) is 2.71. The number of benzene rings is 2. The Labute approximate surface area is 125 Å². The summed E-state index contributed by atoms with van der Waals surface area (Å²) in [4.78, 5) is 25.2. The normalized spacial score (nSPS) is 17.9. The van der Waals surface area contributed by atoms with Gasteiger partial charge in [-0.05, 0) is 36.4 Å². The largest absolute Gasteiger partial charge is 0.373 e. The monoisotopic (exact) mass is 302 g/mol. The lowest BCUT2D eigenvalue weighted by Gasteiger charge is -2.16. The highest BCUT2D eigenvalue weighted by atomic mass is 19.1. The number of carbonyl (C=O) groups is 2. The summed E-state index contributed by atoms with van der Waals surface area (Å²) in [7, 11) is 0. The van der Waals surface area contributed by atoms with Crippen LogP contribution in [0.25, 0.3) is 0 Å². The van der Waals surface area contributed by atoms with Gasteiger partial charge in [-0.3, -0.25) is 9.59 Å². The molecule has 1 aliphatic heterocycles. The standard InChI is InChI=1S/C16H12F2N2O2/c17-10-5-7-11(8-6-10)19-13-9-15(21)20(16(13)22)14-4-2-1-3-12(14)18/h1-8,13,19H,9H2/t13-/m1/s1. The highest BCUT2D eigenvalue weighted by Gasteiger charge is 2.40. The van der Waals surface area contributed by atoms with Gasteiger partial charge in [0.1, 0.15) is 17.7 Å². The highest BCUT2D eigenvalue weighted by Crippen LogP contribution is 2.27. The molecule has 0 spiro atoms. The maximum Gasteiger partial charge on any atom is 0.256 e. The van der Waals surface area contributed by atoms with Crippen molar-refractivity contribution in [2.75, 3.05) is 10.2 Å². The number of carbonyl (C=O) groups excluding carboxylic acids is 2. The van der Waals surface area contributed by atoms with E-state index in [4.69, 9.17) is 0 Å². The van der Waals surface area contributed by atoms with Crippen molar-refractivity contribution in [3.05, 3.63) is 60.2 Å². The van der Waals surface area contributed by atoms with Crippen molar-refractivity contribution >= 4 is 23.2 Å². The molecule has 1 saturated heterocycles. The average molecular weight is 302 g/mol. The summed E-state index contributed by atoms with van der Waals surface area (Å²) in [6.45, 7) is 0. The predicted molar refractivity (Wildman–Crippen MR) is 77.3 cm³/mol. The first kappa shape index (κ1) is 14.2. The van der Waals surface area contributed by atoms with E-state index < -0.39 is 29.5 Å². The van der Waals surface area contributed by atoms with Gasteiger partial charge in [0.25, 0.3) is 5.91 Å². The lowest BCUT2D eigenvalue weighted by Crippen LogP contribution is -2.35. The fourth-order valence-electron chi connectivity index (χ4n) is 2.38. The molecule has 2 aromatic carbocycles. The maximum atomic E-state index is 13.8. The van der Waals surface area contributed by atoms with Gasteiger partial charge in [-0.1, -0.05) is 12.1 Å². The molecule has 6 heteroatoms. The Kier molecular flexibility index (Phi) is 3.58. The first-order chi connectivity index (χ1) is 10.6. The number of halogens is 2. The van der Waals surface area contributed by atoms with E-state index in [1.54, 1.807) is 6.07 Å². The number of hydrogen-bond acceptors (Lipinski definition) is 3. The van der Waals surface area contributed by atoms with Crippen molar-refractivity contribution < 1.29 is 18.4 Å². The molecular formula is C16H12F2N2O2. The van der Waals surface area contributed by atoms with Crippen molar-refractivity contribution in [2.24, 2.45) is 0 Å². The molecule has 1 fully saturated rings. The molecular weight excluding hydrogens is 290 g/mol. The quantitative estimate of drug-likeness (QED) is 0.887. The second kappa shape index (κ2) is 5.55. The van der Waals surface area contributed by atoms with Crippen molar-refractivity contribution in [3.63, 3.8) is 0 Å². The lowest BCUT2D eigenvalue weighted by molar-refractivity contribution is -0.121. The lowest BCUT2D eigenvalue weighted by atomic mass is 10.2. The number of imide groups is 1. The molecule has 0 aromatic heterocycles. The number of amides is 2. The molecule has 0 bridgehead atoms. The van der Waals surface area contributed by atoms with Crippen LogP contribution in [0.15, 0.2) is 48.5 Å². The first-order valence-electron chi connectivity index (χ1n) is 6.69. The molecule has 4 nitrogen and oxygen atoms in total. The van der Waals surface area contributed by atoms with Crippen molar-refractivity contribution in [3.8, 4) is 0 Å². The summed E-state index contributed by atoms with van der Waals surface area (Å²) in [5.74, 6) is -2.03. The minimum atomic E-state index is -0.794. The van der Waals surface area contributed by atoms with Crippen LogP contribution >= 0.6 is 0 Å². The van der Waals surface area contributed by atoms with Crippen LogP contribution in [0.5, 0.6) is 0 Å². The molecule has 2 aromatic rings. The van der Waals surface area contributed by atoms with Gasteiger partial charge in [-0.25, -0.2) is 13.7 Å². The first-order valence-corrected chi connectivity index (χ1v) is 6.69. The molecule has 3 rings (SSSR count). The van der Waals surface area contributed by atoms with E-state index in [0.717, 1.165) is 4.90 Å². The van der Waals surface area contributed by atoms with Gasteiger partial charge in [0.15, 0.2) is 0 Å². The molecule has 0 radical (unpaired) electrons. The minimum Gasteiger partial charge on any atom is -0.373 e. The van der Waals surface area contributed by atoms with E-state index in [1.165, 1.54) is 42.5 Å². The third-order valence-corrected chi connectivity index (χ3v) is 3.43. The number of rotatable bonds is 3. The highest BCUT2D eigenvalue weighted by molar-refractivity contribution is 6.23. The molecule has 1 atom stereocenters. The fraction of sp³-hybridized carbons (Fsp3) is 0.125. The van der Waals surface area contributed by atoms with Crippen LogP contribution in [-0.4, -0.2) is 17.9 Å². The molecule has 22 heavy (non-hydrogen) atoms. The molecule has 1 N–H and O–H groups in total. The van der Waals surface area contributed by atoms with Gasteiger partial charge in [-0.2, -0.15) is 0 Å². The van der Waals surface area contributed by atoms with Crippen LogP contribution in [-0.2, 0) is 9.59 Å². The van der Waals surface area contributed by atoms with E-state index >= 15 is 0 Å². The summed E-state index contributed by atoms with van der Waals surface area (Å²) in [5.41, 5.74) is 0.462. The number of para-hydroxylation sites is 1. The van der Waals surface area contributed by atoms with Crippen LogP contribution in [0.2, 0.25) is 0 Å². The van der Waals surface area contributed by atoms with Crippen molar-refractivity contribution in [1.29, 1.82) is 0 Å². The Morgan fingerprint density at radius 1 is 1.00 bits per heavy atom. The summed E-state index contributed by atoms with van der Waals surface area (Å²) in [5, 5.41) is 2.87. The third kappa shape index (κ3) is 2.55. The van der Waals surface area contributed by atoms with Crippen molar-refractivity contribution in [1.82, 2.24) is 0 Å². The number of anilines is 2. The smallest absolute Gasteiger partial charge is 0.256 e. The zero-order valence-corrected chi connectivity index (χ0v) is 11.4. The summed E-state index contributed by atoms with van der Waals surface area (Å²) < 4.78 is 26.6. The molecule has 0 aliphatic carbocycles. The Bertz CT molecular complexity index is 731. The Morgan fingerprint density at radius 3 is 2.36 bits per heavy atom. The van der Waals surface area contributed by atoms with Crippen LogP contribution in [0.3, 0.4) is 0 Å². The minimum absolute atomic E-state index is 0.0547. The maximum absolute atomic E-state index is 13.8. The van der Waals surface area contributed by atoms with Gasteiger partial charge >= 0.3 is 0 Å². The summed E-state index contributed by atoms with van der Waals surface area (Å²) >= 11 is 0. The van der Waals surface area contributed by atoms with E-state index in [0.29, 0.717) is 5.69 Å². The van der Waals surface area contributed by atoms with E-state index in [-0.39, 0.29) is 12.1 Å². The van der Waals surface area contributed by atoms with E-state index in [1.807, 2.05) is 0 Å². The second-order valence-corrected chi connectivity index (χ2v) is 4.93. The third-order valence-electron chi connectivity index (χ3n) is 3.43.